The fourth-order valence-electron chi connectivity index (χ4n) is 2.31. The standard InChI is InChI=1S/C16H18ClN3O2/c1-10-13(14(17)20-16(18)19-10)5-3-2-4-11-6-8-12(9-7-11)15(21)22/h6-9H,2-5H2,1H3,(H,21,22)(H2,18,19,20). The number of aryl methyl sites for hydroxylation is 2. The number of carboxylic acids is 1. The summed E-state index contributed by atoms with van der Waals surface area (Å²) in [5.41, 5.74) is 8.75. The third-order valence-corrected chi connectivity index (χ3v) is 3.84. The van der Waals surface area contributed by atoms with Crippen LogP contribution in [-0.2, 0) is 12.8 Å². The maximum atomic E-state index is 10.8. The van der Waals surface area contributed by atoms with Crippen LogP contribution in [0, 0.1) is 6.92 Å². The molecule has 5 nitrogen and oxygen atoms in total. The van der Waals surface area contributed by atoms with E-state index in [1.54, 1.807) is 12.1 Å². The summed E-state index contributed by atoms with van der Waals surface area (Å²) in [5, 5.41) is 9.28. The van der Waals surface area contributed by atoms with Gasteiger partial charge in [0.2, 0.25) is 5.95 Å². The lowest BCUT2D eigenvalue weighted by Gasteiger charge is -2.08. The summed E-state index contributed by atoms with van der Waals surface area (Å²) >= 11 is 6.09. The molecular weight excluding hydrogens is 302 g/mol. The van der Waals surface area contributed by atoms with Gasteiger partial charge < -0.3 is 10.8 Å². The van der Waals surface area contributed by atoms with Crippen LogP contribution in [0.15, 0.2) is 24.3 Å². The van der Waals surface area contributed by atoms with E-state index in [0.29, 0.717) is 10.7 Å². The van der Waals surface area contributed by atoms with E-state index in [-0.39, 0.29) is 5.95 Å². The molecule has 0 aliphatic heterocycles. The zero-order chi connectivity index (χ0) is 16.1. The summed E-state index contributed by atoms with van der Waals surface area (Å²) in [7, 11) is 0. The van der Waals surface area contributed by atoms with Crippen molar-refractivity contribution in [3.8, 4) is 0 Å². The summed E-state index contributed by atoms with van der Waals surface area (Å²) < 4.78 is 0. The van der Waals surface area contributed by atoms with E-state index in [4.69, 9.17) is 22.4 Å². The molecule has 3 N–H and O–H groups in total. The van der Waals surface area contributed by atoms with E-state index in [1.807, 2.05) is 19.1 Å². The van der Waals surface area contributed by atoms with E-state index in [9.17, 15) is 4.79 Å². The number of halogens is 1. The Kier molecular flexibility index (Phi) is 5.33. The summed E-state index contributed by atoms with van der Waals surface area (Å²) in [6.45, 7) is 1.88. The van der Waals surface area contributed by atoms with Crippen LogP contribution in [0.2, 0.25) is 5.15 Å². The predicted octanol–water partition coefficient (Wildman–Crippen LogP) is 3.28. The molecule has 2 aromatic rings. The minimum atomic E-state index is -0.903. The molecule has 22 heavy (non-hydrogen) atoms. The number of carbonyl (C=O) groups is 1. The van der Waals surface area contributed by atoms with Crippen LogP contribution in [0.5, 0.6) is 0 Å². The van der Waals surface area contributed by atoms with Gasteiger partial charge in [-0.1, -0.05) is 23.7 Å². The van der Waals surface area contributed by atoms with Crippen molar-refractivity contribution in [2.24, 2.45) is 0 Å². The van der Waals surface area contributed by atoms with Gasteiger partial charge in [0, 0.05) is 11.3 Å². The first-order valence-electron chi connectivity index (χ1n) is 7.08. The van der Waals surface area contributed by atoms with E-state index in [2.05, 4.69) is 9.97 Å². The molecule has 1 heterocycles. The van der Waals surface area contributed by atoms with Crippen molar-refractivity contribution in [1.82, 2.24) is 9.97 Å². The molecular formula is C16H18ClN3O2. The maximum absolute atomic E-state index is 10.8. The SMILES string of the molecule is Cc1nc(N)nc(Cl)c1CCCCc1ccc(C(=O)O)cc1. The minimum absolute atomic E-state index is 0.199. The van der Waals surface area contributed by atoms with Gasteiger partial charge in [-0.2, -0.15) is 0 Å². The molecule has 0 spiro atoms. The Hall–Kier alpha value is -2.14. The number of nitrogens with two attached hydrogens (primary N) is 1. The Bertz CT molecular complexity index is 649. The van der Waals surface area contributed by atoms with Crippen molar-refractivity contribution in [1.29, 1.82) is 0 Å². The fraction of sp³-hybridized carbons (Fsp3) is 0.312. The van der Waals surface area contributed by atoms with Gasteiger partial charge in [-0.05, 0) is 50.3 Å². The number of anilines is 1. The number of aromatic carboxylic acids is 1. The second-order valence-electron chi connectivity index (χ2n) is 5.15. The molecule has 0 amide bonds. The highest BCUT2D eigenvalue weighted by atomic mass is 35.5. The first kappa shape index (κ1) is 16.2. The first-order valence-corrected chi connectivity index (χ1v) is 7.46. The largest absolute Gasteiger partial charge is 0.478 e. The topological polar surface area (TPSA) is 89.1 Å². The van der Waals surface area contributed by atoms with Gasteiger partial charge >= 0.3 is 5.97 Å². The van der Waals surface area contributed by atoms with Gasteiger partial charge in [-0.15, -0.1) is 0 Å². The number of benzene rings is 1. The van der Waals surface area contributed by atoms with E-state index < -0.39 is 5.97 Å². The summed E-state index contributed by atoms with van der Waals surface area (Å²) in [4.78, 5) is 18.9. The number of rotatable bonds is 6. The van der Waals surface area contributed by atoms with E-state index in [1.165, 1.54) is 0 Å². The lowest BCUT2D eigenvalue weighted by Crippen LogP contribution is -2.03. The Morgan fingerprint density at radius 2 is 1.82 bits per heavy atom. The van der Waals surface area contributed by atoms with Crippen molar-refractivity contribution < 1.29 is 9.90 Å². The van der Waals surface area contributed by atoms with Crippen LogP contribution >= 0.6 is 11.6 Å². The van der Waals surface area contributed by atoms with Crippen LogP contribution in [-0.4, -0.2) is 21.0 Å². The lowest BCUT2D eigenvalue weighted by atomic mass is 10.0. The average Bonchev–Trinajstić information content (AvgIpc) is 2.46. The number of aromatic nitrogens is 2. The molecule has 6 heteroatoms. The zero-order valence-corrected chi connectivity index (χ0v) is 13.1. The Labute approximate surface area is 134 Å². The quantitative estimate of drug-likeness (QED) is 0.630. The molecule has 1 aromatic heterocycles. The number of hydrogen-bond donors (Lipinski definition) is 2. The highest BCUT2D eigenvalue weighted by molar-refractivity contribution is 6.30. The second kappa shape index (κ2) is 7.22. The summed E-state index contributed by atoms with van der Waals surface area (Å²) in [5.74, 6) is -0.704. The molecule has 0 bridgehead atoms. The Morgan fingerprint density at radius 1 is 1.18 bits per heavy atom. The van der Waals surface area contributed by atoms with Gasteiger partial charge in [0.05, 0.1) is 5.56 Å². The molecule has 0 aliphatic carbocycles. The fourth-order valence-corrected chi connectivity index (χ4v) is 2.63. The molecule has 0 fully saturated rings. The highest BCUT2D eigenvalue weighted by Crippen LogP contribution is 2.20. The van der Waals surface area contributed by atoms with Gasteiger partial charge in [0.25, 0.3) is 0 Å². The second-order valence-corrected chi connectivity index (χ2v) is 5.50. The van der Waals surface area contributed by atoms with Crippen molar-refractivity contribution in [2.75, 3.05) is 5.73 Å². The highest BCUT2D eigenvalue weighted by Gasteiger charge is 2.08. The van der Waals surface area contributed by atoms with Gasteiger partial charge in [-0.25, -0.2) is 14.8 Å². The smallest absolute Gasteiger partial charge is 0.335 e. The molecule has 0 saturated heterocycles. The van der Waals surface area contributed by atoms with Crippen molar-refractivity contribution in [2.45, 2.75) is 32.6 Å². The number of nitrogens with zero attached hydrogens (tertiary/aromatic N) is 2. The van der Waals surface area contributed by atoms with Crippen molar-refractivity contribution in [3.05, 3.63) is 51.8 Å². The minimum Gasteiger partial charge on any atom is -0.478 e. The third kappa shape index (κ3) is 4.18. The number of carboxylic acid groups (broad SMARTS) is 1. The number of unbranched alkanes of at least 4 members (excludes halogenated alkanes) is 1. The average molecular weight is 320 g/mol. The zero-order valence-electron chi connectivity index (χ0n) is 12.3. The molecule has 0 atom stereocenters. The summed E-state index contributed by atoms with van der Waals surface area (Å²) in [6.07, 6.45) is 3.63. The summed E-state index contributed by atoms with van der Waals surface area (Å²) in [6, 6.07) is 6.97. The molecule has 1 aromatic carbocycles. The molecule has 0 aliphatic rings. The van der Waals surface area contributed by atoms with E-state index in [0.717, 1.165) is 42.5 Å². The van der Waals surface area contributed by atoms with Gasteiger partial charge in [0.1, 0.15) is 5.15 Å². The predicted molar refractivity (Wildman–Crippen MR) is 86.2 cm³/mol. The van der Waals surface area contributed by atoms with Crippen LogP contribution in [0.1, 0.15) is 40.0 Å². The molecule has 2 rings (SSSR count). The van der Waals surface area contributed by atoms with Gasteiger partial charge in [-0.3, -0.25) is 0 Å². The van der Waals surface area contributed by atoms with Crippen molar-refractivity contribution in [3.63, 3.8) is 0 Å². The normalized spacial score (nSPS) is 10.6. The van der Waals surface area contributed by atoms with E-state index >= 15 is 0 Å². The molecule has 0 saturated carbocycles. The van der Waals surface area contributed by atoms with Crippen molar-refractivity contribution >= 4 is 23.5 Å². The Balaban J connectivity index is 1.86. The van der Waals surface area contributed by atoms with Crippen LogP contribution in [0.25, 0.3) is 0 Å². The van der Waals surface area contributed by atoms with Crippen LogP contribution < -0.4 is 5.73 Å². The third-order valence-electron chi connectivity index (χ3n) is 3.52. The van der Waals surface area contributed by atoms with Gasteiger partial charge in [0.15, 0.2) is 0 Å². The Morgan fingerprint density at radius 3 is 2.41 bits per heavy atom. The monoisotopic (exact) mass is 319 g/mol. The number of nitrogen functional groups attached to an aromatic ring is 1. The molecule has 0 radical (unpaired) electrons. The lowest BCUT2D eigenvalue weighted by molar-refractivity contribution is 0.0697. The van der Waals surface area contributed by atoms with Crippen LogP contribution in [0.4, 0.5) is 5.95 Å². The first-order chi connectivity index (χ1) is 10.5. The van der Waals surface area contributed by atoms with Crippen LogP contribution in [0.3, 0.4) is 0 Å². The number of hydrogen-bond acceptors (Lipinski definition) is 4. The molecule has 0 unspecified atom stereocenters. The molecule has 116 valence electrons. The maximum Gasteiger partial charge on any atom is 0.335 e.